The number of urea groups is 1. The number of carbonyl (C=O) groups is 1. The van der Waals surface area contributed by atoms with Gasteiger partial charge in [-0.05, 0) is 17.7 Å². The lowest BCUT2D eigenvalue weighted by atomic mass is 10.1. The van der Waals surface area contributed by atoms with Gasteiger partial charge in [-0.3, -0.25) is 0 Å². The van der Waals surface area contributed by atoms with Crippen molar-refractivity contribution < 1.29 is 23.8 Å². The van der Waals surface area contributed by atoms with Gasteiger partial charge in [0.25, 0.3) is 0 Å². The fraction of sp³-hybridized carbons (Fsp3) is 0.588. The maximum absolute atomic E-state index is 12.9. The summed E-state index contributed by atoms with van der Waals surface area (Å²) in [4.78, 5) is 13.7. The summed E-state index contributed by atoms with van der Waals surface area (Å²) >= 11 is 0. The molecule has 1 aromatic rings. The van der Waals surface area contributed by atoms with Crippen molar-refractivity contribution in [2.24, 2.45) is 0 Å². The maximum Gasteiger partial charge on any atom is 0.317 e. The van der Waals surface area contributed by atoms with Gasteiger partial charge >= 0.3 is 6.03 Å². The van der Waals surface area contributed by atoms with Gasteiger partial charge < -0.3 is 30.1 Å². The van der Waals surface area contributed by atoms with E-state index in [1.165, 1.54) is 12.1 Å². The molecule has 0 radical (unpaired) electrons. The first kappa shape index (κ1) is 18.1. The molecule has 7 nitrogen and oxygen atoms in total. The third kappa shape index (κ3) is 4.88. The molecule has 0 aliphatic carbocycles. The molecule has 0 spiro atoms. The molecule has 2 aliphatic heterocycles. The molecule has 3 N–H and O–H groups in total. The first-order valence-corrected chi connectivity index (χ1v) is 8.51. The second kappa shape index (κ2) is 8.57. The Bertz CT molecular complexity index is 566. The molecule has 3 rings (SSSR count). The molecule has 0 saturated carbocycles. The molecule has 0 bridgehead atoms. The standard InChI is InChI=1S/C17H24FN3O4/c18-13-3-1-12(2-4-13)9-19-14-11-25-15(16(14)22)10-20-17(23)21-5-7-24-8-6-21/h1-4,14-16,19,22H,5-11H2,(H,20,23)/t14-,15-,16+/m1/s1. The van der Waals surface area contributed by atoms with Gasteiger partial charge in [0.1, 0.15) is 11.9 Å². The molecule has 2 fully saturated rings. The predicted molar refractivity (Wildman–Crippen MR) is 88.6 cm³/mol. The van der Waals surface area contributed by atoms with Crippen molar-refractivity contribution in [1.29, 1.82) is 0 Å². The van der Waals surface area contributed by atoms with Crippen molar-refractivity contribution >= 4 is 6.03 Å². The fourth-order valence-electron chi connectivity index (χ4n) is 2.96. The largest absolute Gasteiger partial charge is 0.389 e. The SMILES string of the molecule is O=C(NC[C@H]1OC[C@@H](NCc2ccc(F)cc2)[C@@H]1O)N1CCOCC1. The second-order valence-electron chi connectivity index (χ2n) is 6.26. The number of nitrogens with one attached hydrogen (secondary N) is 2. The van der Waals surface area contributed by atoms with Crippen LogP contribution in [0.1, 0.15) is 5.56 Å². The molecule has 8 heteroatoms. The zero-order valence-electron chi connectivity index (χ0n) is 14.0. The van der Waals surface area contributed by atoms with Crippen LogP contribution in [0.3, 0.4) is 0 Å². The number of halogens is 1. The molecule has 2 amide bonds. The summed E-state index contributed by atoms with van der Waals surface area (Å²) in [7, 11) is 0. The monoisotopic (exact) mass is 353 g/mol. The summed E-state index contributed by atoms with van der Waals surface area (Å²) in [6.07, 6.45) is -1.17. The van der Waals surface area contributed by atoms with E-state index in [2.05, 4.69) is 10.6 Å². The van der Waals surface area contributed by atoms with E-state index in [1.807, 2.05) is 0 Å². The minimum atomic E-state index is -0.717. The van der Waals surface area contributed by atoms with E-state index in [1.54, 1.807) is 17.0 Å². The Labute approximate surface area is 146 Å². The van der Waals surface area contributed by atoms with Gasteiger partial charge in [0, 0.05) is 26.2 Å². The fourth-order valence-corrected chi connectivity index (χ4v) is 2.96. The second-order valence-corrected chi connectivity index (χ2v) is 6.26. The van der Waals surface area contributed by atoms with Crippen LogP contribution in [0, 0.1) is 5.82 Å². The molecule has 0 aromatic heterocycles. The number of ether oxygens (including phenoxy) is 2. The van der Waals surface area contributed by atoms with E-state index < -0.39 is 12.2 Å². The molecular formula is C17H24FN3O4. The highest BCUT2D eigenvalue weighted by Gasteiger charge is 2.35. The Morgan fingerprint density at radius 1 is 1.28 bits per heavy atom. The van der Waals surface area contributed by atoms with Crippen LogP contribution in [0.15, 0.2) is 24.3 Å². The highest BCUT2D eigenvalue weighted by Crippen LogP contribution is 2.15. The van der Waals surface area contributed by atoms with Crippen molar-refractivity contribution in [2.75, 3.05) is 39.5 Å². The number of amides is 2. The molecule has 1 aromatic carbocycles. The number of hydrogen-bond acceptors (Lipinski definition) is 5. The van der Waals surface area contributed by atoms with Crippen LogP contribution in [-0.4, -0.2) is 73.7 Å². The van der Waals surface area contributed by atoms with Crippen molar-refractivity contribution in [3.63, 3.8) is 0 Å². The van der Waals surface area contributed by atoms with E-state index >= 15 is 0 Å². The number of aliphatic hydroxyl groups excluding tert-OH is 1. The normalized spacial score (nSPS) is 26.6. The average Bonchev–Trinajstić information content (AvgIpc) is 3.00. The van der Waals surface area contributed by atoms with E-state index in [0.717, 1.165) is 5.56 Å². The van der Waals surface area contributed by atoms with Crippen LogP contribution in [0.2, 0.25) is 0 Å². The van der Waals surface area contributed by atoms with Gasteiger partial charge in [-0.15, -0.1) is 0 Å². The number of benzene rings is 1. The van der Waals surface area contributed by atoms with Crippen LogP contribution in [0.5, 0.6) is 0 Å². The van der Waals surface area contributed by atoms with E-state index in [-0.39, 0.29) is 24.4 Å². The quantitative estimate of drug-likeness (QED) is 0.699. The molecule has 138 valence electrons. The van der Waals surface area contributed by atoms with Crippen LogP contribution in [-0.2, 0) is 16.0 Å². The third-order valence-electron chi connectivity index (χ3n) is 4.52. The van der Waals surface area contributed by atoms with Gasteiger partial charge in [-0.25, -0.2) is 9.18 Å². The number of hydrogen-bond donors (Lipinski definition) is 3. The highest BCUT2D eigenvalue weighted by molar-refractivity contribution is 5.74. The Kier molecular flexibility index (Phi) is 6.19. The molecule has 2 saturated heterocycles. The minimum absolute atomic E-state index is 0.165. The van der Waals surface area contributed by atoms with Crippen molar-refractivity contribution in [3.05, 3.63) is 35.6 Å². The van der Waals surface area contributed by atoms with E-state index in [4.69, 9.17) is 9.47 Å². The van der Waals surface area contributed by atoms with E-state index in [9.17, 15) is 14.3 Å². The third-order valence-corrected chi connectivity index (χ3v) is 4.52. The Hall–Kier alpha value is -1.74. The van der Waals surface area contributed by atoms with E-state index in [0.29, 0.717) is 39.5 Å². The smallest absolute Gasteiger partial charge is 0.317 e. The first-order valence-electron chi connectivity index (χ1n) is 8.51. The summed E-state index contributed by atoms with van der Waals surface area (Å²) in [5.41, 5.74) is 0.928. The van der Waals surface area contributed by atoms with Crippen LogP contribution < -0.4 is 10.6 Å². The lowest BCUT2D eigenvalue weighted by molar-refractivity contribution is 0.0360. The molecule has 0 unspecified atom stereocenters. The summed E-state index contributed by atoms with van der Waals surface area (Å²) in [6.45, 7) is 3.37. The minimum Gasteiger partial charge on any atom is -0.389 e. The van der Waals surface area contributed by atoms with Gasteiger partial charge in [0.05, 0.1) is 32.0 Å². The maximum atomic E-state index is 12.9. The summed E-state index contributed by atoms with van der Waals surface area (Å²) < 4.78 is 23.7. The molecule has 3 atom stereocenters. The van der Waals surface area contributed by atoms with Gasteiger partial charge in [-0.1, -0.05) is 12.1 Å². The Morgan fingerprint density at radius 3 is 2.72 bits per heavy atom. The zero-order valence-corrected chi connectivity index (χ0v) is 14.0. The predicted octanol–water partition coefficient (Wildman–Crippen LogP) is 0.0854. The van der Waals surface area contributed by atoms with Gasteiger partial charge in [0.2, 0.25) is 0 Å². The van der Waals surface area contributed by atoms with Crippen molar-refractivity contribution in [2.45, 2.75) is 24.8 Å². The molecular weight excluding hydrogens is 329 g/mol. The molecule has 25 heavy (non-hydrogen) atoms. The zero-order chi connectivity index (χ0) is 17.6. The summed E-state index contributed by atoms with van der Waals surface area (Å²) in [6, 6.07) is 5.82. The number of carbonyl (C=O) groups excluding carboxylic acids is 1. The first-order chi connectivity index (χ1) is 12.1. The Balaban J connectivity index is 1.41. The van der Waals surface area contributed by atoms with Crippen LogP contribution in [0.4, 0.5) is 9.18 Å². The Morgan fingerprint density at radius 2 is 2.00 bits per heavy atom. The lowest BCUT2D eigenvalue weighted by Gasteiger charge is -2.27. The average molecular weight is 353 g/mol. The van der Waals surface area contributed by atoms with Crippen molar-refractivity contribution in [3.8, 4) is 0 Å². The highest BCUT2D eigenvalue weighted by atomic mass is 19.1. The lowest BCUT2D eigenvalue weighted by Crippen LogP contribution is -2.50. The molecule has 2 aliphatic rings. The van der Waals surface area contributed by atoms with Gasteiger partial charge in [-0.2, -0.15) is 0 Å². The number of aliphatic hydroxyl groups is 1. The number of morpholine rings is 1. The number of rotatable bonds is 5. The van der Waals surface area contributed by atoms with Crippen LogP contribution >= 0.6 is 0 Å². The number of nitrogens with zero attached hydrogens (tertiary/aromatic N) is 1. The van der Waals surface area contributed by atoms with Crippen LogP contribution in [0.25, 0.3) is 0 Å². The summed E-state index contributed by atoms with van der Waals surface area (Å²) in [5.74, 6) is -0.274. The molecule has 2 heterocycles. The van der Waals surface area contributed by atoms with Gasteiger partial charge in [0.15, 0.2) is 0 Å². The van der Waals surface area contributed by atoms with Crippen molar-refractivity contribution in [1.82, 2.24) is 15.5 Å². The summed E-state index contributed by atoms with van der Waals surface area (Å²) in [5, 5.41) is 16.4. The topological polar surface area (TPSA) is 83.1 Å².